The summed E-state index contributed by atoms with van der Waals surface area (Å²) in [7, 11) is 0. The zero-order valence-corrected chi connectivity index (χ0v) is 16.9. The summed E-state index contributed by atoms with van der Waals surface area (Å²) >= 11 is 1.58. The fourth-order valence-electron chi connectivity index (χ4n) is 2.75. The lowest BCUT2D eigenvalue weighted by Crippen LogP contribution is -2.36. The van der Waals surface area contributed by atoms with E-state index in [9.17, 15) is 14.9 Å². The first-order valence-corrected chi connectivity index (χ1v) is 9.74. The number of H-pyrrole nitrogens is 1. The van der Waals surface area contributed by atoms with Crippen molar-refractivity contribution < 1.29 is 24.0 Å². The number of benzene rings is 1. The highest BCUT2D eigenvalue weighted by atomic mass is 32.1. The Hall–Kier alpha value is -3.40. The lowest BCUT2D eigenvalue weighted by molar-refractivity contribution is -0.690. The lowest BCUT2D eigenvalue weighted by Gasteiger charge is -2.04. The molecule has 0 aliphatic rings. The van der Waals surface area contributed by atoms with Crippen molar-refractivity contribution in [1.29, 1.82) is 0 Å². The third-order valence-electron chi connectivity index (χ3n) is 4.45. The van der Waals surface area contributed by atoms with Gasteiger partial charge in [-0.3, -0.25) is 10.1 Å². The maximum absolute atomic E-state index is 12.1. The molecule has 1 aromatic carbocycles. The molecule has 0 aliphatic heterocycles. The number of thiazole rings is 1. The molecule has 3 rings (SSSR count). The van der Waals surface area contributed by atoms with Crippen LogP contribution < -0.4 is 15.3 Å². The first-order chi connectivity index (χ1) is 13.8. The largest absolute Gasteiger partial charge is 0.462 e. The Balaban J connectivity index is 1.57. The normalized spacial score (nSPS) is 10.7. The number of esters is 1. The topological polar surface area (TPSA) is 126 Å². The molecule has 0 saturated carbocycles. The summed E-state index contributed by atoms with van der Waals surface area (Å²) in [6.07, 6.45) is 2.43. The Morgan fingerprint density at radius 1 is 1.34 bits per heavy atom. The maximum atomic E-state index is 12.1. The Kier molecular flexibility index (Phi) is 6.13. The number of nitrogen functional groups attached to an aromatic ring is 1. The molecule has 0 amide bonds. The van der Waals surface area contributed by atoms with E-state index in [0.717, 1.165) is 22.0 Å². The van der Waals surface area contributed by atoms with Crippen LogP contribution in [-0.4, -0.2) is 22.5 Å². The summed E-state index contributed by atoms with van der Waals surface area (Å²) in [5.74, 6) is 0.753. The third-order valence-corrected chi connectivity index (χ3v) is 5.59. The number of nitrogens with two attached hydrogens (primary N) is 1. The van der Waals surface area contributed by atoms with E-state index in [1.165, 1.54) is 24.3 Å². The number of aromatic amines is 1. The molecular formula is C19H21N5O4S+2. The number of aryl methyl sites for hydroxylation is 1. The number of hydrogen-bond donors (Lipinski definition) is 1. The van der Waals surface area contributed by atoms with Crippen molar-refractivity contribution in [2.24, 2.45) is 0 Å². The van der Waals surface area contributed by atoms with E-state index >= 15 is 0 Å². The second-order valence-corrected chi connectivity index (χ2v) is 7.39. The molecule has 0 unspecified atom stereocenters. The van der Waals surface area contributed by atoms with Gasteiger partial charge in [0.05, 0.1) is 22.0 Å². The molecule has 0 saturated heterocycles. The number of hydrogen-bond acceptors (Lipinski definition) is 7. The molecule has 0 aliphatic carbocycles. The van der Waals surface area contributed by atoms with Crippen molar-refractivity contribution >= 4 is 28.8 Å². The van der Waals surface area contributed by atoms with Crippen molar-refractivity contribution in [1.82, 2.24) is 4.98 Å². The molecule has 0 fully saturated rings. The summed E-state index contributed by atoms with van der Waals surface area (Å²) < 4.78 is 7.38. The number of rotatable bonds is 7. The van der Waals surface area contributed by atoms with Gasteiger partial charge in [-0.2, -0.15) is 4.57 Å². The smallest absolute Gasteiger partial charge is 0.338 e. The monoisotopic (exact) mass is 415 g/mol. The van der Waals surface area contributed by atoms with Gasteiger partial charge >= 0.3 is 5.97 Å². The van der Waals surface area contributed by atoms with E-state index in [1.54, 1.807) is 11.3 Å². The van der Waals surface area contributed by atoms with Crippen molar-refractivity contribution in [3.05, 3.63) is 73.6 Å². The lowest BCUT2D eigenvalue weighted by atomic mass is 10.2. The summed E-state index contributed by atoms with van der Waals surface area (Å²) in [6.45, 7) is 4.67. The van der Waals surface area contributed by atoms with Crippen LogP contribution in [0.1, 0.15) is 32.3 Å². The Labute approximate surface area is 171 Å². The number of nitrogens with zero attached hydrogens (tertiary/aromatic N) is 3. The Morgan fingerprint density at radius 3 is 2.72 bits per heavy atom. The number of nitro benzene ring substituents is 1. The fourth-order valence-corrected chi connectivity index (χ4v) is 3.72. The fraction of sp³-hybridized carbons (Fsp3) is 0.263. The molecule has 29 heavy (non-hydrogen) atoms. The van der Waals surface area contributed by atoms with Crippen LogP contribution in [0.5, 0.6) is 0 Å². The standard InChI is InChI=1S/C19H20N5O4S/c1-12-17(29-11-23(12)10-15-9-21-13(2)22-18(15)20)7-8-28-19(25)14-3-5-16(6-4-14)24(26)27/h3-6,9,11H,7-8,10H2,1-2H3,(H2,20,21,22)/q+1/p+1. The van der Waals surface area contributed by atoms with Crippen LogP contribution in [0.4, 0.5) is 11.5 Å². The summed E-state index contributed by atoms with van der Waals surface area (Å²) in [6, 6.07) is 5.35. The van der Waals surface area contributed by atoms with Gasteiger partial charge in [-0.25, -0.2) is 9.78 Å². The van der Waals surface area contributed by atoms with Gasteiger partial charge in [0, 0.05) is 32.4 Å². The second kappa shape index (κ2) is 8.74. The predicted octanol–water partition coefficient (Wildman–Crippen LogP) is 1.80. The molecule has 2 heterocycles. The Morgan fingerprint density at radius 2 is 2.07 bits per heavy atom. The van der Waals surface area contributed by atoms with Gasteiger partial charge in [-0.05, 0) is 17.1 Å². The molecule has 3 aromatic rings. The minimum atomic E-state index is -0.512. The minimum absolute atomic E-state index is 0.0673. The molecule has 10 heteroatoms. The van der Waals surface area contributed by atoms with Crippen molar-refractivity contribution in [2.75, 3.05) is 12.3 Å². The van der Waals surface area contributed by atoms with Crippen LogP contribution in [0, 0.1) is 24.0 Å². The zero-order valence-electron chi connectivity index (χ0n) is 16.0. The highest BCUT2D eigenvalue weighted by Gasteiger charge is 2.20. The van der Waals surface area contributed by atoms with Gasteiger partial charge < -0.3 is 10.5 Å². The van der Waals surface area contributed by atoms with Gasteiger partial charge in [-0.1, -0.05) is 11.3 Å². The molecule has 0 spiro atoms. The molecule has 150 valence electrons. The van der Waals surface area contributed by atoms with Crippen molar-refractivity contribution in [3.63, 3.8) is 0 Å². The first-order valence-electron chi connectivity index (χ1n) is 8.87. The molecule has 0 radical (unpaired) electrons. The molecule has 3 N–H and O–H groups in total. The van der Waals surface area contributed by atoms with E-state index in [2.05, 4.69) is 14.5 Å². The molecular weight excluding hydrogens is 394 g/mol. The number of aromatic nitrogens is 3. The summed E-state index contributed by atoms with van der Waals surface area (Å²) in [5, 5.41) is 10.7. The van der Waals surface area contributed by atoms with Gasteiger partial charge in [0.25, 0.3) is 17.3 Å². The average Bonchev–Trinajstić information content (AvgIpc) is 3.03. The predicted molar refractivity (Wildman–Crippen MR) is 105 cm³/mol. The number of carbonyl (C=O) groups excluding carboxylic acids is 1. The maximum Gasteiger partial charge on any atom is 0.338 e. The zero-order chi connectivity index (χ0) is 21.0. The van der Waals surface area contributed by atoms with E-state index in [1.807, 2.05) is 25.6 Å². The van der Waals surface area contributed by atoms with E-state index in [-0.39, 0.29) is 17.9 Å². The minimum Gasteiger partial charge on any atom is -0.462 e. The van der Waals surface area contributed by atoms with Crippen molar-refractivity contribution in [2.45, 2.75) is 26.8 Å². The number of nitrogens with one attached hydrogen (secondary N) is 1. The SMILES string of the molecule is Cc1nc(N)c(C[n+]2csc(CCOC(=O)c3ccc([N+](=O)[O-])cc3)c2C)c[nH+]1. The highest BCUT2D eigenvalue weighted by molar-refractivity contribution is 7.09. The number of ether oxygens (including phenoxy) is 1. The third kappa shape index (κ3) is 4.91. The van der Waals surface area contributed by atoms with Crippen LogP contribution in [0.3, 0.4) is 0 Å². The molecule has 0 bridgehead atoms. The number of anilines is 1. The van der Waals surface area contributed by atoms with E-state index in [0.29, 0.717) is 18.8 Å². The van der Waals surface area contributed by atoms with Crippen LogP contribution in [0.15, 0.2) is 36.0 Å². The molecule has 2 aromatic heterocycles. The second-order valence-electron chi connectivity index (χ2n) is 6.45. The molecule has 9 nitrogen and oxygen atoms in total. The Bertz CT molecular complexity index is 1050. The first kappa shape index (κ1) is 20.3. The number of nitro groups is 1. The van der Waals surface area contributed by atoms with Gasteiger partial charge in [0.1, 0.15) is 11.8 Å². The number of non-ortho nitro benzene ring substituents is 1. The molecule has 0 atom stereocenters. The summed E-state index contributed by atoms with van der Waals surface area (Å²) in [5.41, 5.74) is 10.2. The summed E-state index contributed by atoms with van der Waals surface area (Å²) in [4.78, 5) is 30.7. The van der Waals surface area contributed by atoms with Gasteiger partial charge in [0.15, 0.2) is 12.2 Å². The van der Waals surface area contributed by atoms with E-state index in [4.69, 9.17) is 10.5 Å². The average molecular weight is 415 g/mol. The van der Waals surface area contributed by atoms with Gasteiger partial charge in [0.2, 0.25) is 5.51 Å². The number of carbonyl (C=O) groups is 1. The van der Waals surface area contributed by atoms with Crippen LogP contribution >= 0.6 is 11.3 Å². The quantitative estimate of drug-likeness (QED) is 0.271. The van der Waals surface area contributed by atoms with Gasteiger partial charge in [-0.15, -0.1) is 0 Å². The van der Waals surface area contributed by atoms with Crippen LogP contribution in [0.25, 0.3) is 0 Å². The highest BCUT2D eigenvalue weighted by Crippen LogP contribution is 2.15. The van der Waals surface area contributed by atoms with Crippen molar-refractivity contribution in [3.8, 4) is 0 Å². The van der Waals surface area contributed by atoms with Crippen LogP contribution in [-0.2, 0) is 17.7 Å². The van der Waals surface area contributed by atoms with E-state index < -0.39 is 10.9 Å². The van der Waals surface area contributed by atoms with Crippen LogP contribution in [0.2, 0.25) is 0 Å².